The molecule has 0 unspecified atom stereocenters. The Labute approximate surface area is 119 Å². The summed E-state index contributed by atoms with van der Waals surface area (Å²) >= 11 is 1.28. The fourth-order valence-corrected chi connectivity index (χ4v) is 2.84. The van der Waals surface area contributed by atoms with Gasteiger partial charge in [-0.15, -0.1) is 11.3 Å². The van der Waals surface area contributed by atoms with Gasteiger partial charge in [0, 0.05) is 18.9 Å². The van der Waals surface area contributed by atoms with E-state index in [1.165, 1.54) is 11.3 Å². The molecular formula is C13H12N4O2S. The lowest BCUT2D eigenvalue weighted by Gasteiger charge is -2.13. The number of fused-ring (bicyclic) bond motifs is 1. The average Bonchev–Trinajstić information content (AvgIpc) is 2.91. The molecule has 2 aromatic rings. The fraction of sp³-hybridized carbons (Fsp3) is 0.154. The van der Waals surface area contributed by atoms with E-state index in [-0.39, 0.29) is 11.8 Å². The Balaban J connectivity index is 1.70. The molecule has 3 rings (SSSR count). The van der Waals surface area contributed by atoms with Gasteiger partial charge in [-0.05, 0) is 17.7 Å². The van der Waals surface area contributed by atoms with Gasteiger partial charge in [0.1, 0.15) is 5.00 Å². The number of hydrogen-bond donors (Lipinski definition) is 3. The molecule has 102 valence electrons. The molecular weight excluding hydrogens is 276 g/mol. The van der Waals surface area contributed by atoms with Crippen LogP contribution in [-0.4, -0.2) is 23.5 Å². The Morgan fingerprint density at radius 3 is 3.10 bits per heavy atom. The minimum absolute atomic E-state index is 0.152. The Kier molecular flexibility index (Phi) is 3.34. The Hall–Kier alpha value is -2.41. The molecule has 6 nitrogen and oxygen atoms in total. The molecule has 3 N–H and O–H groups in total. The number of hydrogen-bond acceptors (Lipinski definition) is 5. The third-order valence-electron chi connectivity index (χ3n) is 2.87. The zero-order chi connectivity index (χ0) is 13.9. The summed E-state index contributed by atoms with van der Waals surface area (Å²) in [6.07, 6.45) is 3.39. The molecule has 0 bridgehead atoms. The average molecular weight is 288 g/mol. The monoisotopic (exact) mass is 288 g/mol. The number of amides is 2. The van der Waals surface area contributed by atoms with Gasteiger partial charge in [-0.1, -0.05) is 6.07 Å². The van der Waals surface area contributed by atoms with Gasteiger partial charge < -0.3 is 16.0 Å². The Morgan fingerprint density at radius 1 is 1.45 bits per heavy atom. The lowest BCUT2D eigenvalue weighted by molar-refractivity contribution is 0.0951. The fourth-order valence-electron chi connectivity index (χ4n) is 1.88. The highest BCUT2D eigenvalue weighted by atomic mass is 32.1. The van der Waals surface area contributed by atoms with Crippen LogP contribution in [0.25, 0.3) is 0 Å². The lowest BCUT2D eigenvalue weighted by atomic mass is 10.2. The second kappa shape index (κ2) is 5.30. The standard InChI is InChI=1S/C13H12N4O2S/c18-11-9-4-10(20-13(9)17-7-16-11)12(19)15-6-8-2-1-3-14-5-8/h1-5,17H,6-7H2,(H,15,19)(H,16,18). The van der Waals surface area contributed by atoms with Crippen LogP contribution in [0.4, 0.5) is 5.00 Å². The maximum Gasteiger partial charge on any atom is 0.261 e. The van der Waals surface area contributed by atoms with Crippen molar-refractivity contribution < 1.29 is 9.59 Å². The van der Waals surface area contributed by atoms with Crippen molar-refractivity contribution >= 4 is 28.2 Å². The Bertz CT molecular complexity index is 654. The highest BCUT2D eigenvalue weighted by molar-refractivity contribution is 7.18. The van der Waals surface area contributed by atoms with E-state index in [0.717, 1.165) is 10.6 Å². The number of thiophene rings is 1. The van der Waals surface area contributed by atoms with E-state index in [4.69, 9.17) is 0 Å². The molecule has 0 fully saturated rings. The van der Waals surface area contributed by atoms with Crippen molar-refractivity contribution in [1.82, 2.24) is 15.6 Å². The van der Waals surface area contributed by atoms with E-state index >= 15 is 0 Å². The molecule has 0 radical (unpaired) electrons. The molecule has 2 aromatic heterocycles. The number of nitrogens with one attached hydrogen (secondary N) is 3. The van der Waals surface area contributed by atoms with Crippen molar-refractivity contribution in [2.75, 3.05) is 12.0 Å². The zero-order valence-corrected chi connectivity index (χ0v) is 11.3. The summed E-state index contributed by atoms with van der Waals surface area (Å²) in [4.78, 5) is 28.2. The zero-order valence-electron chi connectivity index (χ0n) is 10.5. The van der Waals surface area contributed by atoms with Crippen LogP contribution in [0.1, 0.15) is 25.6 Å². The number of carbonyl (C=O) groups is 2. The SMILES string of the molecule is O=C(NCc1cccnc1)c1cc2c(s1)NCNC2=O. The summed E-state index contributed by atoms with van der Waals surface area (Å²) in [6.45, 7) is 0.804. The normalized spacial score (nSPS) is 13.1. The van der Waals surface area contributed by atoms with E-state index in [0.29, 0.717) is 23.7 Å². The van der Waals surface area contributed by atoms with Crippen molar-refractivity contribution in [2.45, 2.75) is 6.54 Å². The second-order valence-corrected chi connectivity index (χ2v) is 5.31. The van der Waals surface area contributed by atoms with Crippen LogP contribution in [0.2, 0.25) is 0 Å². The van der Waals surface area contributed by atoms with E-state index < -0.39 is 0 Å². The van der Waals surface area contributed by atoms with Gasteiger partial charge in [0.15, 0.2) is 0 Å². The molecule has 0 aliphatic carbocycles. The first kappa shape index (κ1) is 12.6. The summed E-state index contributed by atoms with van der Waals surface area (Å²) in [5.74, 6) is -0.343. The second-order valence-electron chi connectivity index (χ2n) is 4.26. The van der Waals surface area contributed by atoms with E-state index in [9.17, 15) is 9.59 Å². The maximum absolute atomic E-state index is 12.1. The summed E-state index contributed by atoms with van der Waals surface area (Å²) in [5.41, 5.74) is 1.45. The molecule has 1 aliphatic heterocycles. The highest BCUT2D eigenvalue weighted by Gasteiger charge is 2.22. The van der Waals surface area contributed by atoms with Crippen molar-refractivity contribution in [2.24, 2.45) is 0 Å². The minimum atomic E-state index is -0.192. The molecule has 0 spiro atoms. The first-order valence-corrected chi connectivity index (χ1v) is 6.88. The molecule has 7 heteroatoms. The van der Waals surface area contributed by atoms with Crippen molar-refractivity contribution in [3.63, 3.8) is 0 Å². The first-order chi connectivity index (χ1) is 9.74. The highest BCUT2D eigenvalue weighted by Crippen LogP contribution is 2.29. The van der Waals surface area contributed by atoms with Gasteiger partial charge in [0.2, 0.25) is 0 Å². The molecule has 0 atom stereocenters. The van der Waals surface area contributed by atoms with Gasteiger partial charge in [-0.2, -0.15) is 0 Å². The summed E-state index contributed by atoms with van der Waals surface area (Å²) in [7, 11) is 0. The van der Waals surface area contributed by atoms with Crippen LogP contribution >= 0.6 is 11.3 Å². The number of anilines is 1. The lowest BCUT2D eigenvalue weighted by Crippen LogP contribution is -2.33. The van der Waals surface area contributed by atoms with Crippen molar-refractivity contribution in [3.05, 3.63) is 46.6 Å². The van der Waals surface area contributed by atoms with Crippen LogP contribution < -0.4 is 16.0 Å². The minimum Gasteiger partial charge on any atom is -0.359 e. The third-order valence-corrected chi connectivity index (χ3v) is 3.97. The third kappa shape index (κ3) is 2.48. The molecule has 2 amide bonds. The molecule has 0 saturated carbocycles. The van der Waals surface area contributed by atoms with E-state index in [1.54, 1.807) is 18.5 Å². The van der Waals surface area contributed by atoms with E-state index in [1.807, 2.05) is 12.1 Å². The Morgan fingerprint density at radius 2 is 2.35 bits per heavy atom. The quantitative estimate of drug-likeness (QED) is 0.792. The van der Waals surface area contributed by atoms with Crippen molar-refractivity contribution in [3.8, 4) is 0 Å². The largest absolute Gasteiger partial charge is 0.359 e. The number of pyridine rings is 1. The molecule has 0 saturated heterocycles. The van der Waals surface area contributed by atoms with Gasteiger partial charge in [0.25, 0.3) is 11.8 Å². The van der Waals surface area contributed by atoms with Crippen LogP contribution in [0.3, 0.4) is 0 Å². The number of carbonyl (C=O) groups excluding carboxylic acids is 2. The number of rotatable bonds is 3. The van der Waals surface area contributed by atoms with Gasteiger partial charge in [0.05, 0.1) is 17.1 Å². The first-order valence-electron chi connectivity index (χ1n) is 6.07. The predicted octanol–water partition coefficient (Wildman–Crippen LogP) is 1.19. The van der Waals surface area contributed by atoms with Crippen LogP contribution in [-0.2, 0) is 6.54 Å². The van der Waals surface area contributed by atoms with Gasteiger partial charge in [-0.25, -0.2) is 0 Å². The summed E-state index contributed by atoms with van der Waals surface area (Å²) in [6, 6.07) is 5.32. The molecule has 1 aliphatic rings. The maximum atomic E-state index is 12.1. The van der Waals surface area contributed by atoms with Crippen LogP contribution in [0, 0.1) is 0 Å². The molecule has 20 heavy (non-hydrogen) atoms. The topological polar surface area (TPSA) is 83.1 Å². The van der Waals surface area contributed by atoms with Crippen molar-refractivity contribution in [1.29, 1.82) is 0 Å². The predicted molar refractivity (Wildman–Crippen MR) is 75.7 cm³/mol. The van der Waals surface area contributed by atoms with Crippen LogP contribution in [0.5, 0.6) is 0 Å². The van der Waals surface area contributed by atoms with Gasteiger partial charge >= 0.3 is 0 Å². The smallest absolute Gasteiger partial charge is 0.261 e. The molecule has 0 aromatic carbocycles. The summed E-state index contributed by atoms with van der Waals surface area (Å²) < 4.78 is 0. The number of aromatic nitrogens is 1. The van der Waals surface area contributed by atoms with E-state index in [2.05, 4.69) is 20.9 Å². The van der Waals surface area contributed by atoms with Crippen LogP contribution in [0.15, 0.2) is 30.6 Å². The summed E-state index contributed by atoms with van der Waals surface area (Å²) in [5, 5.41) is 9.25. The number of nitrogens with zero attached hydrogens (tertiary/aromatic N) is 1. The van der Waals surface area contributed by atoms with Gasteiger partial charge in [-0.3, -0.25) is 14.6 Å². The molecule has 3 heterocycles.